The first-order valence-corrected chi connectivity index (χ1v) is 6.49. The number of hydrogen-bond acceptors (Lipinski definition) is 3. The van der Waals surface area contributed by atoms with Gasteiger partial charge in [-0.25, -0.2) is 0 Å². The van der Waals surface area contributed by atoms with Gasteiger partial charge in [0.2, 0.25) is 5.91 Å². The summed E-state index contributed by atoms with van der Waals surface area (Å²) >= 11 is 0. The second-order valence-corrected chi connectivity index (χ2v) is 4.46. The Bertz CT molecular complexity index is 560. The minimum absolute atomic E-state index is 0.0124. The maximum absolute atomic E-state index is 11.8. The minimum atomic E-state index is -0.0124. The van der Waals surface area contributed by atoms with Gasteiger partial charge in [-0.1, -0.05) is 13.0 Å². The maximum Gasteiger partial charge on any atom is 0.224 e. The van der Waals surface area contributed by atoms with Crippen molar-refractivity contribution in [3.63, 3.8) is 0 Å². The molecule has 4 nitrogen and oxygen atoms in total. The summed E-state index contributed by atoms with van der Waals surface area (Å²) < 4.78 is 10.4. The highest BCUT2D eigenvalue weighted by Crippen LogP contribution is 2.23. The van der Waals surface area contributed by atoms with Gasteiger partial charge in [0.05, 0.1) is 19.3 Å². The van der Waals surface area contributed by atoms with Crippen LogP contribution in [0.15, 0.2) is 28.9 Å². The zero-order chi connectivity index (χ0) is 13.7. The first-order valence-electron chi connectivity index (χ1n) is 6.49. The number of rotatable bonds is 6. The van der Waals surface area contributed by atoms with E-state index in [1.54, 1.807) is 13.4 Å². The molecule has 2 aromatic rings. The summed E-state index contributed by atoms with van der Waals surface area (Å²) in [4.78, 5) is 11.8. The molecular weight excluding hydrogens is 242 g/mol. The van der Waals surface area contributed by atoms with Crippen molar-refractivity contribution in [2.75, 3.05) is 20.3 Å². The van der Waals surface area contributed by atoms with Gasteiger partial charge in [0, 0.05) is 24.6 Å². The number of fused-ring (bicyclic) bond motifs is 1. The third-order valence-electron chi connectivity index (χ3n) is 3.11. The molecule has 1 heterocycles. The Kier molecular flexibility index (Phi) is 4.58. The van der Waals surface area contributed by atoms with Crippen molar-refractivity contribution in [2.24, 2.45) is 0 Å². The summed E-state index contributed by atoms with van der Waals surface area (Å²) in [6.45, 7) is 3.17. The van der Waals surface area contributed by atoms with Gasteiger partial charge in [-0.3, -0.25) is 4.79 Å². The van der Waals surface area contributed by atoms with E-state index in [2.05, 4.69) is 18.3 Å². The van der Waals surface area contributed by atoms with Crippen LogP contribution in [0.5, 0.6) is 0 Å². The number of nitrogens with one attached hydrogen (secondary N) is 1. The third kappa shape index (κ3) is 3.35. The lowest BCUT2D eigenvalue weighted by molar-refractivity contribution is -0.120. The second kappa shape index (κ2) is 6.38. The fourth-order valence-electron chi connectivity index (χ4n) is 2.01. The van der Waals surface area contributed by atoms with E-state index in [0.717, 1.165) is 23.0 Å². The smallest absolute Gasteiger partial charge is 0.224 e. The molecule has 0 fully saturated rings. The van der Waals surface area contributed by atoms with E-state index in [-0.39, 0.29) is 5.91 Å². The normalized spacial score (nSPS) is 10.8. The van der Waals surface area contributed by atoms with Crippen molar-refractivity contribution < 1.29 is 13.9 Å². The summed E-state index contributed by atoms with van der Waals surface area (Å²) in [6, 6.07) is 6.10. The molecule has 0 saturated heterocycles. The average Bonchev–Trinajstić information content (AvgIpc) is 2.81. The van der Waals surface area contributed by atoms with Crippen LogP contribution in [-0.2, 0) is 22.4 Å². The lowest BCUT2D eigenvalue weighted by Crippen LogP contribution is -2.28. The largest absolute Gasteiger partial charge is 0.464 e. The highest BCUT2D eigenvalue weighted by atomic mass is 16.5. The van der Waals surface area contributed by atoms with E-state index in [1.807, 2.05) is 12.1 Å². The first-order chi connectivity index (χ1) is 9.24. The van der Waals surface area contributed by atoms with Gasteiger partial charge in [0.1, 0.15) is 5.58 Å². The van der Waals surface area contributed by atoms with Crippen LogP contribution in [0.2, 0.25) is 0 Å². The molecule has 0 aliphatic carbocycles. The molecule has 2 rings (SSSR count). The standard InChI is InChI=1S/C15H19NO3/c1-3-11-4-5-14-13(8-11)12(10-19-14)9-15(17)16-6-7-18-2/h4-5,8,10H,3,6-7,9H2,1-2H3,(H,16,17). The quantitative estimate of drug-likeness (QED) is 0.812. The topological polar surface area (TPSA) is 51.5 Å². The molecule has 0 bridgehead atoms. The fourth-order valence-corrected chi connectivity index (χ4v) is 2.01. The lowest BCUT2D eigenvalue weighted by atomic mass is 10.1. The van der Waals surface area contributed by atoms with Crippen LogP contribution in [0.4, 0.5) is 0 Å². The van der Waals surface area contributed by atoms with Crippen LogP contribution in [0.3, 0.4) is 0 Å². The van der Waals surface area contributed by atoms with E-state index in [9.17, 15) is 4.79 Å². The summed E-state index contributed by atoms with van der Waals surface area (Å²) in [5.41, 5.74) is 3.01. The number of hydrogen-bond donors (Lipinski definition) is 1. The van der Waals surface area contributed by atoms with Gasteiger partial charge in [0.15, 0.2) is 0 Å². The number of carbonyl (C=O) groups is 1. The summed E-state index contributed by atoms with van der Waals surface area (Å²) in [6.07, 6.45) is 2.98. The molecule has 19 heavy (non-hydrogen) atoms. The van der Waals surface area contributed by atoms with Crippen molar-refractivity contribution >= 4 is 16.9 Å². The van der Waals surface area contributed by atoms with Gasteiger partial charge >= 0.3 is 0 Å². The molecule has 0 aliphatic rings. The van der Waals surface area contributed by atoms with Crippen molar-refractivity contribution in [1.82, 2.24) is 5.32 Å². The van der Waals surface area contributed by atoms with Gasteiger partial charge in [0.25, 0.3) is 0 Å². The number of aryl methyl sites for hydroxylation is 1. The highest BCUT2D eigenvalue weighted by Gasteiger charge is 2.10. The van der Waals surface area contributed by atoms with Crippen molar-refractivity contribution in [3.05, 3.63) is 35.6 Å². The van der Waals surface area contributed by atoms with E-state index in [1.165, 1.54) is 5.56 Å². The van der Waals surface area contributed by atoms with E-state index in [0.29, 0.717) is 19.6 Å². The molecule has 1 aromatic heterocycles. The number of amides is 1. The Morgan fingerprint density at radius 3 is 3.00 bits per heavy atom. The third-order valence-corrected chi connectivity index (χ3v) is 3.11. The van der Waals surface area contributed by atoms with Crippen LogP contribution in [-0.4, -0.2) is 26.2 Å². The molecule has 0 unspecified atom stereocenters. The number of ether oxygens (including phenoxy) is 1. The van der Waals surface area contributed by atoms with Gasteiger partial charge in [-0.15, -0.1) is 0 Å². The maximum atomic E-state index is 11.8. The number of carbonyl (C=O) groups excluding carboxylic acids is 1. The Hall–Kier alpha value is -1.81. The Morgan fingerprint density at radius 2 is 2.26 bits per heavy atom. The van der Waals surface area contributed by atoms with Crippen LogP contribution in [0.25, 0.3) is 11.0 Å². The van der Waals surface area contributed by atoms with E-state index >= 15 is 0 Å². The molecule has 0 radical (unpaired) electrons. The van der Waals surface area contributed by atoms with Crippen LogP contribution < -0.4 is 5.32 Å². The predicted molar refractivity (Wildman–Crippen MR) is 74.2 cm³/mol. The van der Waals surface area contributed by atoms with Crippen molar-refractivity contribution in [1.29, 1.82) is 0 Å². The van der Waals surface area contributed by atoms with Crippen molar-refractivity contribution in [2.45, 2.75) is 19.8 Å². The molecule has 0 aliphatic heterocycles. The SMILES string of the molecule is CCc1ccc2occ(CC(=O)NCCOC)c2c1. The number of furan rings is 1. The summed E-state index contributed by atoms with van der Waals surface area (Å²) in [5, 5.41) is 3.84. The van der Waals surface area contributed by atoms with Crippen molar-refractivity contribution in [3.8, 4) is 0 Å². The monoisotopic (exact) mass is 261 g/mol. The van der Waals surface area contributed by atoms with Crippen LogP contribution in [0.1, 0.15) is 18.1 Å². The fraction of sp³-hybridized carbons (Fsp3) is 0.400. The summed E-state index contributed by atoms with van der Waals surface area (Å²) in [7, 11) is 1.61. The molecule has 1 N–H and O–H groups in total. The number of benzene rings is 1. The molecule has 1 amide bonds. The number of methoxy groups -OCH3 is 1. The minimum Gasteiger partial charge on any atom is -0.464 e. The van der Waals surface area contributed by atoms with Gasteiger partial charge in [-0.05, 0) is 24.1 Å². The second-order valence-electron chi connectivity index (χ2n) is 4.46. The van der Waals surface area contributed by atoms with E-state index < -0.39 is 0 Å². The Labute approximate surface area is 112 Å². The summed E-state index contributed by atoms with van der Waals surface area (Å²) in [5.74, 6) is -0.0124. The zero-order valence-electron chi connectivity index (χ0n) is 11.4. The Morgan fingerprint density at radius 1 is 1.42 bits per heavy atom. The molecule has 102 valence electrons. The van der Waals surface area contributed by atoms with Gasteiger partial charge < -0.3 is 14.5 Å². The van der Waals surface area contributed by atoms with E-state index in [4.69, 9.17) is 9.15 Å². The Balaban J connectivity index is 2.09. The first kappa shape index (κ1) is 13.6. The molecular formula is C15H19NO3. The van der Waals surface area contributed by atoms with Gasteiger partial charge in [-0.2, -0.15) is 0 Å². The average molecular weight is 261 g/mol. The molecule has 0 spiro atoms. The van der Waals surface area contributed by atoms with Crippen LogP contribution >= 0.6 is 0 Å². The molecule has 1 aromatic carbocycles. The lowest BCUT2D eigenvalue weighted by Gasteiger charge is -2.03. The molecule has 4 heteroatoms. The van der Waals surface area contributed by atoms with Crippen LogP contribution in [0, 0.1) is 0 Å². The highest BCUT2D eigenvalue weighted by molar-refractivity contribution is 5.88. The molecule has 0 atom stereocenters. The zero-order valence-corrected chi connectivity index (χ0v) is 11.4. The molecule has 0 saturated carbocycles. The predicted octanol–water partition coefficient (Wildman–Crippen LogP) is 2.30.